The molecule has 1 fully saturated rings. The van der Waals surface area contributed by atoms with E-state index in [2.05, 4.69) is 15.5 Å². The van der Waals surface area contributed by atoms with E-state index in [4.69, 9.17) is 14.2 Å². The Balaban J connectivity index is 1.51. The van der Waals surface area contributed by atoms with Gasteiger partial charge in [0.2, 0.25) is 6.79 Å². The van der Waals surface area contributed by atoms with Gasteiger partial charge in [-0.25, -0.2) is 0 Å². The fraction of sp³-hybridized carbons (Fsp3) is 0.346. The van der Waals surface area contributed by atoms with Gasteiger partial charge in [0.15, 0.2) is 17.3 Å². The summed E-state index contributed by atoms with van der Waals surface area (Å²) in [6.07, 6.45) is 1.58. The average molecular weight is 478 g/mol. The molecule has 3 aliphatic rings. The van der Waals surface area contributed by atoms with Crippen LogP contribution in [-0.4, -0.2) is 62.1 Å². The molecule has 0 atom stereocenters. The monoisotopic (exact) mass is 477 g/mol. The molecule has 5 rings (SSSR count). The number of ether oxygens (including phenoxy) is 3. The van der Waals surface area contributed by atoms with Gasteiger partial charge in [0.05, 0.1) is 24.9 Å². The van der Waals surface area contributed by atoms with Gasteiger partial charge < -0.3 is 24.8 Å². The number of carbonyl (C=O) groups excluding carboxylic acids is 3. The van der Waals surface area contributed by atoms with Gasteiger partial charge in [-0.2, -0.15) is 0 Å². The SMILES string of the molecule is COC(=O)CN1CCC(N/C(=C2\C(=O)Nc3ccc(C(C)=O)cc32)c2ccc3c(c2)OCO3)CC1. The number of esters is 1. The van der Waals surface area contributed by atoms with Crippen LogP contribution in [0.15, 0.2) is 36.4 Å². The van der Waals surface area contributed by atoms with Crippen molar-refractivity contribution in [2.24, 2.45) is 0 Å². The molecular formula is C26H27N3O6. The summed E-state index contributed by atoms with van der Waals surface area (Å²) in [6, 6.07) is 10.9. The Bertz CT molecular complexity index is 1230. The third kappa shape index (κ3) is 4.59. The molecule has 182 valence electrons. The van der Waals surface area contributed by atoms with Crippen LogP contribution in [0, 0.1) is 0 Å². The maximum Gasteiger partial charge on any atom is 0.319 e. The topological polar surface area (TPSA) is 106 Å². The molecular weight excluding hydrogens is 450 g/mol. The number of ketones is 1. The van der Waals surface area contributed by atoms with Crippen molar-refractivity contribution in [2.45, 2.75) is 25.8 Å². The summed E-state index contributed by atoms with van der Waals surface area (Å²) in [5.41, 5.74) is 3.84. The highest BCUT2D eigenvalue weighted by atomic mass is 16.7. The number of likely N-dealkylation sites (tertiary alicyclic amines) is 1. The van der Waals surface area contributed by atoms with E-state index in [1.165, 1.54) is 14.0 Å². The number of anilines is 1. The summed E-state index contributed by atoms with van der Waals surface area (Å²) in [7, 11) is 1.39. The van der Waals surface area contributed by atoms with Crippen molar-refractivity contribution in [3.05, 3.63) is 53.1 Å². The zero-order chi connectivity index (χ0) is 24.5. The molecule has 9 nitrogen and oxygen atoms in total. The van der Waals surface area contributed by atoms with E-state index in [1.54, 1.807) is 18.2 Å². The predicted molar refractivity (Wildman–Crippen MR) is 129 cm³/mol. The van der Waals surface area contributed by atoms with Gasteiger partial charge in [0.25, 0.3) is 5.91 Å². The molecule has 0 aliphatic carbocycles. The molecule has 2 aromatic rings. The molecule has 2 N–H and O–H groups in total. The van der Waals surface area contributed by atoms with Gasteiger partial charge in [-0.3, -0.25) is 19.3 Å². The second-order valence-corrected chi connectivity index (χ2v) is 8.86. The standard InChI is InChI=1S/C26H27N3O6/c1-15(30)16-3-5-20-19(11-16)24(26(32)28-20)25(17-4-6-21-22(12-17)35-14-34-21)27-18-7-9-29(10-8-18)13-23(31)33-2/h3-6,11-12,18,27H,7-10,13-14H2,1-2H3,(H,28,32)/b25-24-. The third-order valence-corrected chi connectivity index (χ3v) is 6.60. The normalized spacial score (nSPS) is 18.6. The molecule has 0 radical (unpaired) electrons. The summed E-state index contributed by atoms with van der Waals surface area (Å²) >= 11 is 0. The van der Waals surface area contributed by atoms with Gasteiger partial charge >= 0.3 is 5.97 Å². The number of nitrogens with zero attached hydrogens (tertiary/aromatic N) is 1. The number of hydrogen-bond acceptors (Lipinski definition) is 8. The zero-order valence-electron chi connectivity index (χ0n) is 19.7. The minimum Gasteiger partial charge on any atom is -0.468 e. The first-order valence-corrected chi connectivity index (χ1v) is 11.6. The molecule has 1 amide bonds. The van der Waals surface area contributed by atoms with Crippen molar-refractivity contribution in [3.63, 3.8) is 0 Å². The Morgan fingerprint density at radius 1 is 1.09 bits per heavy atom. The number of Topliss-reactive ketones (excluding diaryl/α,β-unsaturated/α-hetero) is 1. The van der Waals surface area contributed by atoms with Crippen LogP contribution in [0.4, 0.5) is 5.69 Å². The van der Waals surface area contributed by atoms with Crippen molar-refractivity contribution >= 4 is 34.6 Å². The number of piperidine rings is 1. The van der Waals surface area contributed by atoms with E-state index >= 15 is 0 Å². The Morgan fingerprint density at radius 3 is 2.57 bits per heavy atom. The molecule has 0 saturated carbocycles. The van der Waals surface area contributed by atoms with Crippen molar-refractivity contribution in [3.8, 4) is 11.5 Å². The second-order valence-electron chi connectivity index (χ2n) is 8.86. The maximum atomic E-state index is 13.2. The highest BCUT2D eigenvalue weighted by Crippen LogP contribution is 2.40. The Morgan fingerprint density at radius 2 is 1.83 bits per heavy atom. The molecule has 0 spiro atoms. The number of benzene rings is 2. The maximum absolute atomic E-state index is 13.2. The van der Waals surface area contributed by atoms with Crippen molar-refractivity contribution in [2.75, 3.05) is 38.9 Å². The molecule has 0 aromatic heterocycles. The van der Waals surface area contributed by atoms with Crippen LogP contribution in [0.1, 0.15) is 41.3 Å². The van der Waals surface area contributed by atoms with Gasteiger partial charge in [0.1, 0.15) is 0 Å². The number of nitrogens with one attached hydrogen (secondary N) is 2. The smallest absolute Gasteiger partial charge is 0.319 e. The average Bonchev–Trinajstić information content (AvgIpc) is 3.46. The van der Waals surface area contributed by atoms with Crippen molar-refractivity contribution in [1.29, 1.82) is 0 Å². The van der Waals surface area contributed by atoms with Crippen LogP contribution in [0.5, 0.6) is 11.5 Å². The number of carbonyl (C=O) groups is 3. The van der Waals surface area contributed by atoms with E-state index in [9.17, 15) is 14.4 Å². The van der Waals surface area contributed by atoms with E-state index in [1.807, 2.05) is 18.2 Å². The third-order valence-electron chi connectivity index (χ3n) is 6.60. The second kappa shape index (κ2) is 9.42. The predicted octanol–water partition coefficient (Wildman–Crippen LogP) is 2.67. The van der Waals surface area contributed by atoms with E-state index in [0.29, 0.717) is 39.6 Å². The molecule has 35 heavy (non-hydrogen) atoms. The number of amides is 1. The van der Waals surface area contributed by atoms with Gasteiger partial charge in [-0.1, -0.05) is 0 Å². The zero-order valence-corrected chi connectivity index (χ0v) is 19.7. The van der Waals surface area contributed by atoms with Crippen molar-refractivity contribution in [1.82, 2.24) is 10.2 Å². The fourth-order valence-corrected chi connectivity index (χ4v) is 4.67. The number of methoxy groups -OCH3 is 1. The van der Waals surface area contributed by atoms with Crippen LogP contribution in [0.25, 0.3) is 11.3 Å². The van der Waals surface area contributed by atoms with Crippen LogP contribution in [-0.2, 0) is 14.3 Å². The minimum absolute atomic E-state index is 0.0675. The molecule has 0 bridgehead atoms. The summed E-state index contributed by atoms with van der Waals surface area (Å²) < 4.78 is 15.8. The first kappa shape index (κ1) is 22.9. The molecule has 1 saturated heterocycles. The lowest BCUT2D eigenvalue weighted by Gasteiger charge is -2.33. The van der Waals surface area contributed by atoms with Crippen LogP contribution >= 0.6 is 0 Å². The summed E-state index contributed by atoms with van der Waals surface area (Å²) in [5, 5.41) is 6.53. The summed E-state index contributed by atoms with van der Waals surface area (Å²) in [5.74, 6) is 0.724. The largest absolute Gasteiger partial charge is 0.468 e. The molecule has 9 heteroatoms. The van der Waals surface area contributed by atoms with Gasteiger partial charge in [-0.05, 0) is 56.2 Å². The molecule has 3 heterocycles. The van der Waals surface area contributed by atoms with Gasteiger partial charge in [0, 0.05) is 41.5 Å². The number of rotatable bonds is 6. The van der Waals surface area contributed by atoms with E-state index < -0.39 is 0 Å². The summed E-state index contributed by atoms with van der Waals surface area (Å²) in [6.45, 7) is 3.39. The molecule has 0 unspecified atom stereocenters. The summed E-state index contributed by atoms with van der Waals surface area (Å²) in [4.78, 5) is 38.9. The highest BCUT2D eigenvalue weighted by molar-refractivity contribution is 6.36. The van der Waals surface area contributed by atoms with Crippen LogP contribution < -0.4 is 20.1 Å². The highest BCUT2D eigenvalue weighted by Gasteiger charge is 2.31. The number of hydrogen-bond donors (Lipinski definition) is 2. The molecule has 3 aliphatic heterocycles. The minimum atomic E-state index is -0.250. The first-order chi connectivity index (χ1) is 16.9. The fourth-order valence-electron chi connectivity index (χ4n) is 4.67. The Labute approximate surface area is 203 Å². The van der Waals surface area contributed by atoms with Crippen LogP contribution in [0.3, 0.4) is 0 Å². The lowest BCUT2D eigenvalue weighted by molar-refractivity contribution is -0.142. The van der Waals surface area contributed by atoms with Gasteiger partial charge in [-0.15, -0.1) is 0 Å². The van der Waals surface area contributed by atoms with E-state index in [-0.39, 0.29) is 37.0 Å². The van der Waals surface area contributed by atoms with Crippen molar-refractivity contribution < 1.29 is 28.6 Å². The lowest BCUT2D eigenvalue weighted by atomic mass is 9.96. The Hall–Kier alpha value is -3.85. The van der Waals surface area contributed by atoms with E-state index in [0.717, 1.165) is 31.5 Å². The first-order valence-electron chi connectivity index (χ1n) is 11.6. The molecule has 2 aromatic carbocycles. The Kier molecular flexibility index (Phi) is 6.17. The van der Waals surface area contributed by atoms with Crippen LogP contribution in [0.2, 0.25) is 0 Å². The lowest BCUT2D eigenvalue weighted by Crippen LogP contribution is -2.44. The number of fused-ring (bicyclic) bond motifs is 2. The quantitative estimate of drug-likeness (QED) is 0.372.